The zero-order valence-electron chi connectivity index (χ0n) is 17.2. The van der Waals surface area contributed by atoms with E-state index in [1.54, 1.807) is 0 Å². The quantitative estimate of drug-likeness (QED) is 0.338. The summed E-state index contributed by atoms with van der Waals surface area (Å²) in [5, 5.41) is 6.44. The summed E-state index contributed by atoms with van der Waals surface area (Å²) in [7, 11) is -3.14. The van der Waals surface area contributed by atoms with Gasteiger partial charge in [0.25, 0.3) is 0 Å². The van der Waals surface area contributed by atoms with Gasteiger partial charge in [0.2, 0.25) is 10.0 Å². The highest BCUT2D eigenvalue weighted by atomic mass is 32.2. The molecule has 2 N–H and O–H groups in total. The average Bonchev–Trinajstić information content (AvgIpc) is 2.60. The van der Waals surface area contributed by atoms with Gasteiger partial charge in [0.05, 0.1) is 12.8 Å². The molecule has 0 saturated carbocycles. The molecule has 0 radical (unpaired) electrons. The fourth-order valence-corrected chi connectivity index (χ4v) is 3.45. The first-order valence-corrected chi connectivity index (χ1v) is 11.3. The highest BCUT2D eigenvalue weighted by molar-refractivity contribution is 7.88. The molecule has 7 nitrogen and oxygen atoms in total. The smallest absolute Gasteiger partial charge is 0.211 e. The van der Waals surface area contributed by atoms with E-state index in [9.17, 15) is 8.42 Å². The van der Waals surface area contributed by atoms with Crippen molar-refractivity contribution in [3.05, 3.63) is 29.8 Å². The van der Waals surface area contributed by atoms with Crippen molar-refractivity contribution >= 4 is 16.0 Å². The maximum Gasteiger partial charge on any atom is 0.211 e. The molecule has 0 spiro atoms. The van der Waals surface area contributed by atoms with Crippen LogP contribution in [0.5, 0.6) is 5.75 Å². The first kappa shape index (κ1) is 23.2. The van der Waals surface area contributed by atoms with E-state index in [-0.39, 0.29) is 6.10 Å². The second-order valence-electron chi connectivity index (χ2n) is 6.45. The van der Waals surface area contributed by atoms with Crippen LogP contribution in [0.1, 0.15) is 32.8 Å². The van der Waals surface area contributed by atoms with Crippen LogP contribution in [0.25, 0.3) is 0 Å². The number of hydrogen-bond donors (Lipinski definition) is 2. The lowest BCUT2D eigenvalue weighted by Gasteiger charge is -2.19. The fourth-order valence-electron chi connectivity index (χ4n) is 2.52. The molecular weight excluding hydrogens is 364 g/mol. The molecule has 1 rings (SSSR count). The molecule has 27 heavy (non-hydrogen) atoms. The average molecular weight is 399 g/mol. The summed E-state index contributed by atoms with van der Waals surface area (Å²) in [6.07, 6.45) is 1.90. The van der Waals surface area contributed by atoms with Crippen molar-refractivity contribution in [2.45, 2.75) is 40.2 Å². The van der Waals surface area contributed by atoms with Crippen molar-refractivity contribution in [3.8, 4) is 5.75 Å². The van der Waals surface area contributed by atoms with Crippen LogP contribution < -0.4 is 15.4 Å². The van der Waals surface area contributed by atoms with Gasteiger partial charge in [0.1, 0.15) is 11.9 Å². The minimum atomic E-state index is -3.14. The van der Waals surface area contributed by atoms with Gasteiger partial charge in [-0.2, -0.15) is 0 Å². The normalized spacial score (nSPS) is 13.5. The third-order valence-corrected chi connectivity index (χ3v) is 5.35. The van der Waals surface area contributed by atoms with Gasteiger partial charge in [0, 0.05) is 26.2 Å². The van der Waals surface area contributed by atoms with E-state index < -0.39 is 10.0 Å². The molecule has 1 unspecified atom stereocenters. The number of rotatable bonds is 11. The summed E-state index contributed by atoms with van der Waals surface area (Å²) in [4.78, 5) is 4.56. The molecule has 0 aliphatic rings. The number of guanidine groups is 1. The first-order chi connectivity index (χ1) is 12.8. The molecule has 8 heteroatoms. The molecule has 0 amide bonds. The Bertz CT molecular complexity index is 692. The molecule has 0 aliphatic carbocycles. The topological polar surface area (TPSA) is 83.0 Å². The number of sulfonamides is 1. The Morgan fingerprint density at radius 2 is 1.96 bits per heavy atom. The maximum atomic E-state index is 11.6. The minimum Gasteiger partial charge on any atom is -0.489 e. The van der Waals surface area contributed by atoms with Gasteiger partial charge in [-0.15, -0.1) is 0 Å². The van der Waals surface area contributed by atoms with Crippen molar-refractivity contribution in [2.75, 3.05) is 39.0 Å². The second kappa shape index (κ2) is 11.8. The summed E-state index contributed by atoms with van der Waals surface area (Å²) in [5.41, 5.74) is 1.10. The van der Waals surface area contributed by atoms with E-state index in [2.05, 4.69) is 15.6 Å². The van der Waals surface area contributed by atoms with E-state index in [1.165, 1.54) is 10.6 Å². The number of benzene rings is 1. The SMILES string of the molecule is CCNC(=NCC(C)Oc1ccccc1C)NCCCN(CC)S(C)(=O)=O. The van der Waals surface area contributed by atoms with Crippen LogP contribution >= 0.6 is 0 Å². The fraction of sp³-hybridized carbons (Fsp3) is 0.632. The van der Waals surface area contributed by atoms with Crippen molar-refractivity contribution < 1.29 is 13.2 Å². The molecule has 1 aromatic carbocycles. The molecular formula is C19H34N4O3S. The van der Waals surface area contributed by atoms with Gasteiger partial charge in [-0.25, -0.2) is 17.7 Å². The zero-order valence-corrected chi connectivity index (χ0v) is 18.0. The number of nitrogens with zero attached hydrogens (tertiary/aromatic N) is 2. The molecule has 0 heterocycles. The number of para-hydroxylation sites is 1. The molecule has 0 aromatic heterocycles. The van der Waals surface area contributed by atoms with Gasteiger partial charge >= 0.3 is 0 Å². The monoisotopic (exact) mass is 398 g/mol. The van der Waals surface area contributed by atoms with E-state index in [4.69, 9.17) is 4.74 Å². The number of ether oxygens (including phenoxy) is 1. The molecule has 1 atom stereocenters. The Kier molecular flexibility index (Phi) is 10.2. The summed E-state index contributed by atoms with van der Waals surface area (Å²) >= 11 is 0. The Labute approximate surface area is 164 Å². The molecule has 0 aliphatic heterocycles. The van der Waals surface area contributed by atoms with Gasteiger partial charge in [-0.1, -0.05) is 25.1 Å². The third-order valence-electron chi connectivity index (χ3n) is 3.97. The number of aryl methyl sites for hydroxylation is 1. The highest BCUT2D eigenvalue weighted by Crippen LogP contribution is 2.17. The second-order valence-corrected chi connectivity index (χ2v) is 8.43. The van der Waals surface area contributed by atoms with Crippen LogP contribution in [0.4, 0.5) is 0 Å². The van der Waals surface area contributed by atoms with Gasteiger partial charge in [-0.05, 0) is 38.8 Å². The van der Waals surface area contributed by atoms with E-state index in [0.29, 0.717) is 38.6 Å². The predicted molar refractivity (Wildman–Crippen MR) is 112 cm³/mol. The van der Waals surface area contributed by atoms with Crippen molar-refractivity contribution in [1.82, 2.24) is 14.9 Å². The Hall–Kier alpha value is -1.80. The van der Waals surface area contributed by atoms with Crippen LogP contribution in [0, 0.1) is 6.92 Å². The highest BCUT2D eigenvalue weighted by Gasteiger charge is 2.13. The van der Waals surface area contributed by atoms with Crippen LogP contribution in [0.3, 0.4) is 0 Å². The summed E-state index contributed by atoms with van der Waals surface area (Å²) in [6.45, 7) is 10.8. The van der Waals surface area contributed by atoms with Gasteiger partial charge in [-0.3, -0.25) is 0 Å². The Morgan fingerprint density at radius 3 is 2.56 bits per heavy atom. The number of hydrogen-bond acceptors (Lipinski definition) is 4. The largest absolute Gasteiger partial charge is 0.489 e. The Balaban J connectivity index is 2.48. The molecule has 0 fully saturated rings. The lowest BCUT2D eigenvalue weighted by Crippen LogP contribution is -2.40. The Morgan fingerprint density at radius 1 is 1.26 bits per heavy atom. The zero-order chi connectivity index (χ0) is 20.3. The molecule has 1 aromatic rings. The summed E-state index contributed by atoms with van der Waals surface area (Å²) < 4.78 is 30.6. The number of nitrogens with one attached hydrogen (secondary N) is 2. The van der Waals surface area contributed by atoms with Crippen LogP contribution in [-0.2, 0) is 10.0 Å². The van der Waals surface area contributed by atoms with Gasteiger partial charge in [0.15, 0.2) is 5.96 Å². The number of aliphatic imine (C=N–C) groups is 1. The standard InChI is InChI=1S/C19H34N4O3S/c1-6-20-19(21-13-10-14-23(7-2)27(5,24)25)22-15-17(4)26-18-12-9-8-11-16(18)3/h8-9,11-12,17H,6-7,10,13-15H2,1-5H3,(H2,20,21,22). The molecule has 154 valence electrons. The summed E-state index contributed by atoms with van der Waals surface area (Å²) in [5.74, 6) is 1.58. The third kappa shape index (κ3) is 9.10. The van der Waals surface area contributed by atoms with Crippen molar-refractivity contribution in [1.29, 1.82) is 0 Å². The van der Waals surface area contributed by atoms with E-state index in [1.807, 2.05) is 52.0 Å². The van der Waals surface area contributed by atoms with Crippen LogP contribution in [-0.4, -0.2) is 63.8 Å². The van der Waals surface area contributed by atoms with E-state index in [0.717, 1.165) is 17.9 Å². The first-order valence-electron chi connectivity index (χ1n) is 9.47. The van der Waals surface area contributed by atoms with E-state index >= 15 is 0 Å². The van der Waals surface area contributed by atoms with Crippen LogP contribution in [0.2, 0.25) is 0 Å². The minimum absolute atomic E-state index is 0.0534. The lowest BCUT2D eigenvalue weighted by molar-refractivity contribution is 0.228. The van der Waals surface area contributed by atoms with Crippen LogP contribution in [0.15, 0.2) is 29.3 Å². The summed E-state index contributed by atoms with van der Waals surface area (Å²) in [6, 6.07) is 7.93. The van der Waals surface area contributed by atoms with Gasteiger partial charge < -0.3 is 15.4 Å². The molecule has 0 saturated heterocycles. The van der Waals surface area contributed by atoms with Crippen molar-refractivity contribution in [2.24, 2.45) is 4.99 Å². The van der Waals surface area contributed by atoms with Crippen molar-refractivity contribution in [3.63, 3.8) is 0 Å². The lowest BCUT2D eigenvalue weighted by atomic mass is 10.2. The maximum absolute atomic E-state index is 11.6. The molecule has 0 bridgehead atoms. The predicted octanol–water partition coefficient (Wildman–Crippen LogP) is 1.99.